The van der Waals surface area contributed by atoms with Crippen molar-refractivity contribution in [2.45, 2.75) is 13.3 Å². The van der Waals surface area contributed by atoms with E-state index in [-0.39, 0.29) is 11.8 Å². The van der Waals surface area contributed by atoms with Gasteiger partial charge in [0.25, 0.3) is 0 Å². The van der Waals surface area contributed by atoms with E-state index in [0.717, 1.165) is 18.7 Å². The van der Waals surface area contributed by atoms with Gasteiger partial charge < -0.3 is 4.90 Å². The first-order chi connectivity index (χ1) is 7.24. The molecule has 2 rings (SSSR count). The molecular weight excluding hydrogens is 188 g/mol. The summed E-state index contributed by atoms with van der Waals surface area (Å²) in [6.45, 7) is 2.65. The third-order valence-electron chi connectivity index (χ3n) is 2.79. The minimum Gasteiger partial charge on any atom is -0.311 e. The molecule has 0 spiro atoms. The molecule has 0 N–H and O–H groups in total. The molecule has 1 saturated heterocycles. The molecule has 1 aromatic rings. The number of carbonyl (C=O) groups is 1. The van der Waals surface area contributed by atoms with Crippen LogP contribution in [0.1, 0.15) is 18.9 Å². The van der Waals surface area contributed by atoms with Crippen molar-refractivity contribution in [2.24, 2.45) is 5.92 Å². The van der Waals surface area contributed by atoms with E-state index in [1.54, 1.807) is 11.0 Å². The summed E-state index contributed by atoms with van der Waals surface area (Å²) in [5.74, 6) is 0.203. The average molecular weight is 200 g/mol. The predicted octanol–water partition coefficient (Wildman–Crippen LogP) is 1.93. The molecule has 1 unspecified atom stereocenters. The first kappa shape index (κ1) is 9.72. The number of anilines is 1. The number of para-hydroxylation sites is 1. The van der Waals surface area contributed by atoms with E-state index < -0.39 is 0 Å². The first-order valence-corrected chi connectivity index (χ1v) is 5.04. The molecule has 1 atom stereocenters. The zero-order valence-electron chi connectivity index (χ0n) is 8.60. The quantitative estimate of drug-likeness (QED) is 0.695. The van der Waals surface area contributed by atoms with Gasteiger partial charge in [-0.3, -0.25) is 4.79 Å². The van der Waals surface area contributed by atoms with E-state index in [1.165, 1.54) is 0 Å². The molecule has 3 nitrogen and oxygen atoms in total. The molecule has 1 aliphatic rings. The van der Waals surface area contributed by atoms with Crippen LogP contribution in [-0.2, 0) is 4.79 Å². The number of nitriles is 1. The van der Waals surface area contributed by atoms with Crippen LogP contribution < -0.4 is 4.90 Å². The van der Waals surface area contributed by atoms with Gasteiger partial charge in [-0.05, 0) is 18.6 Å². The maximum Gasteiger partial charge on any atom is 0.229 e. The molecule has 0 bridgehead atoms. The summed E-state index contributed by atoms with van der Waals surface area (Å²) < 4.78 is 0. The Labute approximate surface area is 88.9 Å². The van der Waals surface area contributed by atoms with Crippen LogP contribution in [0.25, 0.3) is 0 Å². The zero-order valence-corrected chi connectivity index (χ0v) is 8.60. The molecule has 76 valence electrons. The molecule has 0 aliphatic carbocycles. The molecule has 0 saturated carbocycles. The monoisotopic (exact) mass is 200 g/mol. The lowest BCUT2D eigenvalue weighted by Crippen LogP contribution is -2.26. The highest BCUT2D eigenvalue weighted by Crippen LogP contribution is 2.27. The second kappa shape index (κ2) is 3.74. The van der Waals surface area contributed by atoms with Gasteiger partial charge in [-0.2, -0.15) is 5.26 Å². The minimum atomic E-state index is 0.0803. The number of hydrogen-bond donors (Lipinski definition) is 0. The Balaban J connectivity index is 2.39. The number of rotatable bonds is 1. The standard InChI is InChI=1S/C12H12N2O/c1-9-6-7-14(12(9)15)11-5-3-2-4-10(11)8-13/h2-5,9H,6-7H2,1H3. The molecule has 0 aromatic heterocycles. The Morgan fingerprint density at radius 3 is 2.80 bits per heavy atom. The van der Waals surface area contributed by atoms with Crippen LogP contribution in [0.3, 0.4) is 0 Å². The lowest BCUT2D eigenvalue weighted by molar-refractivity contribution is -0.119. The van der Waals surface area contributed by atoms with Crippen molar-refractivity contribution in [1.29, 1.82) is 5.26 Å². The van der Waals surface area contributed by atoms with Crippen molar-refractivity contribution in [1.82, 2.24) is 0 Å². The summed E-state index contributed by atoms with van der Waals surface area (Å²) >= 11 is 0. The maximum absolute atomic E-state index is 11.8. The molecule has 1 fully saturated rings. The molecule has 1 amide bonds. The van der Waals surface area contributed by atoms with Gasteiger partial charge in [-0.15, -0.1) is 0 Å². The van der Waals surface area contributed by atoms with E-state index >= 15 is 0 Å². The number of benzene rings is 1. The highest BCUT2D eigenvalue weighted by Gasteiger charge is 2.29. The summed E-state index contributed by atoms with van der Waals surface area (Å²) in [5.41, 5.74) is 1.31. The predicted molar refractivity (Wildman–Crippen MR) is 57.3 cm³/mol. The van der Waals surface area contributed by atoms with Gasteiger partial charge in [0.05, 0.1) is 11.3 Å². The summed E-state index contributed by atoms with van der Waals surface area (Å²) in [4.78, 5) is 13.5. The number of carbonyl (C=O) groups excluding carboxylic acids is 1. The normalized spacial score (nSPS) is 20.4. The van der Waals surface area contributed by atoms with Gasteiger partial charge in [0.15, 0.2) is 0 Å². The van der Waals surface area contributed by atoms with Gasteiger partial charge >= 0.3 is 0 Å². The Bertz CT molecular complexity index is 433. The summed E-state index contributed by atoms with van der Waals surface area (Å²) in [6, 6.07) is 9.35. The van der Waals surface area contributed by atoms with Crippen molar-refractivity contribution in [3.05, 3.63) is 29.8 Å². The van der Waals surface area contributed by atoms with Crippen molar-refractivity contribution in [3.8, 4) is 6.07 Å². The van der Waals surface area contributed by atoms with Crippen LogP contribution >= 0.6 is 0 Å². The number of hydrogen-bond acceptors (Lipinski definition) is 2. The molecular formula is C12H12N2O. The molecule has 15 heavy (non-hydrogen) atoms. The molecule has 1 heterocycles. The number of nitrogens with zero attached hydrogens (tertiary/aromatic N) is 2. The SMILES string of the molecule is CC1CCN(c2ccccc2C#N)C1=O. The van der Waals surface area contributed by atoms with Crippen LogP contribution in [0.2, 0.25) is 0 Å². The fourth-order valence-electron chi connectivity index (χ4n) is 1.87. The fraction of sp³-hybridized carbons (Fsp3) is 0.333. The molecule has 1 aromatic carbocycles. The third-order valence-corrected chi connectivity index (χ3v) is 2.79. The van der Waals surface area contributed by atoms with Gasteiger partial charge in [-0.1, -0.05) is 19.1 Å². The van der Waals surface area contributed by atoms with Gasteiger partial charge in [0, 0.05) is 12.5 Å². The second-order valence-corrected chi connectivity index (χ2v) is 3.81. The highest BCUT2D eigenvalue weighted by molar-refractivity contribution is 5.98. The molecule has 0 radical (unpaired) electrons. The van der Waals surface area contributed by atoms with E-state index in [0.29, 0.717) is 5.56 Å². The first-order valence-electron chi connectivity index (χ1n) is 5.04. The van der Waals surface area contributed by atoms with Crippen molar-refractivity contribution < 1.29 is 4.79 Å². The smallest absolute Gasteiger partial charge is 0.229 e. The van der Waals surface area contributed by atoms with Crippen LogP contribution in [0, 0.1) is 17.2 Å². The molecule has 1 aliphatic heterocycles. The summed E-state index contributed by atoms with van der Waals surface area (Å²) in [6.07, 6.45) is 0.874. The Morgan fingerprint density at radius 1 is 1.47 bits per heavy atom. The number of amides is 1. The van der Waals surface area contributed by atoms with Crippen LogP contribution in [0.5, 0.6) is 0 Å². The van der Waals surface area contributed by atoms with E-state index in [9.17, 15) is 4.79 Å². The van der Waals surface area contributed by atoms with Crippen LogP contribution in [0.15, 0.2) is 24.3 Å². The van der Waals surface area contributed by atoms with Crippen molar-refractivity contribution in [3.63, 3.8) is 0 Å². The third kappa shape index (κ3) is 1.59. The van der Waals surface area contributed by atoms with E-state index in [2.05, 4.69) is 6.07 Å². The van der Waals surface area contributed by atoms with E-state index in [1.807, 2.05) is 25.1 Å². The summed E-state index contributed by atoms with van der Waals surface area (Å²) in [5, 5.41) is 8.94. The Kier molecular flexibility index (Phi) is 2.42. The lowest BCUT2D eigenvalue weighted by atomic mass is 10.1. The average Bonchev–Trinajstić information content (AvgIpc) is 2.60. The summed E-state index contributed by atoms with van der Waals surface area (Å²) in [7, 11) is 0. The maximum atomic E-state index is 11.8. The minimum absolute atomic E-state index is 0.0803. The van der Waals surface area contributed by atoms with Crippen LogP contribution in [0.4, 0.5) is 5.69 Å². The van der Waals surface area contributed by atoms with E-state index in [4.69, 9.17) is 5.26 Å². The van der Waals surface area contributed by atoms with Crippen molar-refractivity contribution >= 4 is 11.6 Å². The van der Waals surface area contributed by atoms with Crippen molar-refractivity contribution in [2.75, 3.05) is 11.4 Å². The fourth-order valence-corrected chi connectivity index (χ4v) is 1.87. The van der Waals surface area contributed by atoms with Gasteiger partial charge in [0.2, 0.25) is 5.91 Å². The Morgan fingerprint density at radius 2 is 2.20 bits per heavy atom. The highest BCUT2D eigenvalue weighted by atomic mass is 16.2. The zero-order chi connectivity index (χ0) is 10.8. The van der Waals surface area contributed by atoms with Gasteiger partial charge in [0.1, 0.15) is 6.07 Å². The van der Waals surface area contributed by atoms with Crippen LogP contribution in [-0.4, -0.2) is 12.5 Å². The topological polar surface area (TPSA) is 44.1 Å². The lowest BCUT2D eigenvalue weighted by Gasteiger charge is -2.17. The van der Waals surface area contributed by atoms with Gasteiger partial charge in [-0.25, -0.2) is 0 Å². The Hall–Kier alpha value is -1.82. The second-order valence-electron chi connectivity index (χ2n) is 3.81. The molecule has 3 heteroatoms. The largest absolute Gasteiger partial charge is 0.311 e.